The molecule has 0 saturated heterocycles. The van der Waals surface area contributed by atoms with Crippen molar-refractivity contribution < 1.29 is 14.1 Å². The van der Waals surface area contributed by atoms with Gasteiger partial charge in [-0.25, -0.2) is 0 Å². The smallest absolute Gasteiger partial charge is 0.254 e. The van der Waals surface area contributed by atoms with E-state index < -0.39 is 0 Å². The van der Waals surface area contributed by atoms with E-state index in [-0.39, 0.29) is 23.8 Å². The Balaban J connectivity index is 2.03. The van der Waals surface area contributed by atoms with Crippen LogP contribution in [0.25, 0.3) is 0 Å². The van der Waals surface area contributed by atoms with Gasteiger partial charge in [-0.3, -0.25) is 9.59 Å². The molecule has 0 bridgehead atoms. The van der Waals surface area contributed by atoms with E-state index in [1.807, 2.05) is 31.2 Å². The first kappa shape index (κ1) is 18.7. The lowest BCUT2D eigenvalue weighted by atomic mass is 9.86. The fourth-order valence-electron chi connectivity index (χ4n) is 2.40. The van der Waals surface area contributed by atoms with Crippen molar-refractivity contribution in [1.82, 2.24) is 10.1 Å². The molecule has 0 aliphatic rings. The number of carbonyl (C=O) groups excluding carboxylic acids is 2. The van der Waals surface area contributed by atoms with Gasteiger partial charge in [0.1, 0.15) is 12.3 Å². The number of nitrogens with one attached hydrogen (secondary N) is 1. The molecule has 1 aromatic heterocycles. The molecule has 6 nitrogen and oxygen atoms in total. The van der Waals surface area contributed by atoms with Gasteiger partial charge in [-0.15, -0.1) is 0 Å². The molecule has 0 aliphatic carbocycles. The number of amides is 2. The maximum absolute atomic E-state index is 12.6. The zero-order chi connectivity index (χ0) is 18.6. The number of carbonyl (C=O) groups is 2. The molecule has 1 N–H and O–H groups in total. The molecule has 0 saturated carbocycles. The average molecular weight is 343 g/mol. The van der Waals surface area contributed by atoms with Crippen LogP contribution in [0.4, 0.5) is 5.82 Å². The molecule has 2 amide bonds. The lowest BCUT2D eigenvalue weighted by molar-refractivity contribution is -0.116. The quantitative estimate of drug-likeness (QED) is 0.903. The van der Waals surface area contributed by atoms with Crippen LogP contribution in [-0.2, 0) is 10.2 Å². The molecule has 134 valence electrons. The zero-order valence-corrected chi connectivity index (χ0v) is 15.4. The van der Waals surface area contributed by atoms with Crippen molar-refractivity contribution in [1.29, 1.82) is 0 Å². The predicted octanol–water partition coefficient (Wildman–Crippen LogP) is 3.38. The summed E-state index contributed by atoms with van der Waals surface area (Å²) in [6, 6.07) is 9.16. The van der Waals surface area contributed by atoms with Crippen molar-refractivity contribution in [3.05, 3.63) is 47.2 Å². The number of rotatable bonds is 5. The third-order valence-corrected chi connectivity index (χ3v) is 3.90. The summed E-state index contributed by atoms with van der Waals surface area (Å²) in [6.07, 6.45) is 0. The molecule has 1 aromatic carbocycles. The van der Waals surface area contributed by atoms with E-state index in [1.165, 1.54) is 4.90 Å². The van der Waals surface area contributed by atoms with E-state index >= 15 is 0 Å². The van der Waals surface area contributed by atoms with Gasteiger partial charge in [0.2, 0.25) is 5.91 Å². The maximum Gasteiger partial charge on any atom is 0.254 e. The van der Waals surface area contributed by atoms with Crippen LogP contribution in [0.1, 0.15) is 49.4 Å². The van der Waals surface area contributed by atoms with E-state index in [9.17, 15) is 9.59 Å². The molecule has 1 heterocycles. The van der Waals surface area contributed by atoms with E-state index in [4.69, 9.17) is 4.52 Å². The van der Waals surface area contributed by atoms with Gasteiger partial charge in [0.05, 0.1) is 0 Å². The Morgan fingerprint density at radius 3 is 2.32 bits per heavy atom. The molecule has 6 heteroatoms. The average Bonchev–Trinajstić information content (AvgIpc) is 2.96. The van der Waals surface area contributed by atoms with Crippen molar-refractivity contribution >= 4 is 17.6 Å². The molecule has 0 aliphatic heterocycles. The third-order valence-electron chi connectivity index (χ3n) is 3.90. The van der Waals surface area contributed by atoms with E-state index in [0.29, 0.717) is 23.7 Å². The van der Waals surface area contributed by atoms with E-state index in [1.54, 1.807) is 13.0 Å². The van der Waals surface area contributed by atoms with Gasteiger partial charge in [0, 0.05) is 18.2 Å². The van der Waals surface area contributed by atoms with E-state index in [0.717, 1.165) is 5.56 Å². The summed E-state index contributed by atoms with van der Waals surface area (Å²) in [7, 11) is 0. The van der Waals surface area contributed by atoms with Crippen LogP contribution in [0.3, 0.4) is 0 Å². The molecule has 2 aromatic rings. The second-order valence-electron chi connectivity index (χ2n) is 7.02. The lowest BCUT2D eigenvalue weighted by Crippen LogP contribution is -2.37. The Bertz CT molecular complexity index is 742. The molecule has 0 fully saturated rings. The normalized spacial score (nSPS) is 11.2. The fourth-order valence-corrected chi connectivity index (χ4v) is 2.40. The third kappa shape index (κ3) is 4.92. The lowest BCUT2D eigenvalue weighted by Gasteiger charge is -2.22. The first-order valence-corrected chi connectivity index (χ1v) is 8.33. The monoisotopic (exact) mass is 343 g/mol. The van der Waals surface area contributed by atoms with Gasteiger partial charge in [-0.2, -0.15) is 0 Å². The highest BCUT2D eigenvalue weighted by Crippen LogP contribution is 2.22. The highest BCUT2D eigenvalue weighted by atomic mass is 16.5. The fraction of sp³-hybridized carbons (Fsp3) is 0.421. The maximum atomic E-state index is 12.6. The van der Waals surface area contributed by atoms with Crippen molar-refractivity contribution in [2.45, 2.75) is 40.0 Å². The van der Waals surface area contributed by atoms with Gasteiger partial charge in [0.15, 0.2) is 5.82 Å². The van der Waals surface area contributed by atoms with Crippen molar-refractivity contribution in [3.8, 4) is 0 Å². The minimum Gasteiger partial charge on any atom is -0.360 e. The number of hydrogen-bond acceptors (Lipinski definition) is 4. The standard InChI is InChI=1S/C19H25N3O3/c1-6-22(12-17(23)20-16-11-13(2)25-21-16)18(24)14-7-9-15(10-8-14)19(3,4)5/h7-11H,6,12H2,1-5H3,(H,20,21,23). The molecule has 0 spiro atoms. The number of benzene rings is 1. The zero-order valence-electron chi connectivity index (χ0n) is 15.4. The number of hydrogen-bond donors (Lipinski definition) is 1. The summed E-state index contributed by atoms with van der Waals surface area (Å²) in [4.78, 5) is 26.3. The van der Waals surface area contributed by atoms with Gasteiger partial charge in [-0.05, 0) is 37.0 Å². The predicted molar refractivity (Wildman–Crippen MR) is 96.6 cm³/mol. The Hall–Kier alpha value is -2.63. The summed E-state index contributed by atoms with van der Waals surface area (Å²) in [5.41, 5.74) is 1.76. The summed E-state index contributed by atoms with van der Waals surface area (Å²) in [6.45, 7) is 10.3. The van der Waals surface area contributed by atoms with Crippen LogP contribution in [0.2, 0.25) is 0 Å². The molecule has 2 rings (SSSR count). The number of aryl methyl sites for hydroxylation is 1. The minimum absolute atomic E-state index is 0.0294. The first-order valence-electron chi connectivity index (χ1n) is 8.33. The topological polar surface area (TPSA) is 75.4 Å². The van der Waals surface area contributed by atoms with Crippen LogP contribution in [0.5, 0.6) is 0 Å². The molecule has 25 heavy (non-hydrogen) atoms. The summed E-state index contributed by atoms with van der Waals surface area (Å²) < 4.78 is 4.91. The summed E-state index contributed by atoms with van der Waals surface area (Å²) in [5, 5.41) is 6.34. The van der Waals surface area contributed by atoms with Crippen LogP contribution >= 0.6 is 0 Å². The largest absolute Gasteiger partial charge is 0.360 e. The highest BCUT2D eigenvalue weighted by Gasteiger charge is 2.19. The van der Waals surface area contributed by atoms with Gasteiger partial charge in [-0.1, -0.05) is 38.1 Å². The molecule has 0 radical (unpaired) electrons. The van der Waals surface area contributed by atoms with Crippen molar-refractivity contribution in [3.63, 3.8) is 0 Å². The first-order chi connectivity index (χ1) is 11.7. The second kappa shape index (κ2) is 7.51. The number of anilines is 1. The molecular formula is C19H25N3O3. The Kier molecular flexibility index (Phi) is 5.62. The SMILES string of the molecule is CCN(CC(=O)Nc1cc(C)on1)C(=O)c1ccc(C(C)(C)C)cc1. The van der Waals surface area contributed by atoms with Gasteiger partial charge in [0.25, 0.3) is 5.91 Å². The second-order valence-corrected chi connectivity index (χ2v) is 7.02. The van der Waals surface area contributed by atoms with Crippen LogP contribution < -0.4 is 5.32 Å². The van der Waals surface area contributed by atoms with Crippen LogP contribution in [0, 0.1) is 6.92 Å². The van der Waals surface area contributed by atoms with Crippen LogP contribution in [-0.4, -0.2) is 35.0 Å². The molecular weight excluding hydrogens is 318 g/mol. The van der Waals surface area contributed by atoms with Crippen LogP contribution in [0.15, 0.2) is 34.9 Å². The Labute approximate surface area is 148 Å². The number of likely N-dealkylation sites (N-methyl/N-ethyl adjacent to an activating group) is 1. The van der Waals surface area contributed by atoms with Gasteiger partial charge < -0.3 is 14.7 Å². The number of nitrogens with zero attached hydrogens (tertiary/aromatic N) is 2. The highest BCUT2D eigenvalue weighted by molar-refractivity contribution is 5.99. The minimum atomic E-state index is -0.310. The molecule has 0 unspecified atom stereocenters. The van der Waals surface area contributed by atoms with Crippen molar-refractivity contribution in [2.24, 2.45) is 0 Å². The Morgan fingerprint density at radius 2 is 1.84 bits per heavy atom. The summed E-state index contributed by atoms with van der Waals surface area (Å²) >= 11 is 0. The van der Waals surface area contributed by atoms with Gasteiger partial charge >= 0.3 is 0 Å². The molecule has 0 atom stereocenters. The Morgan fingerprint density at radius 1 is 1.20 bits per heavy atom. The number of aromatic nitrogens is 1. The van der Waals surface area contributed by atoms with E-state index in [2.05, 4.69) is 31.2 Å². The summed E-state index contributed by atoms with van der Waals surface area (Å²) in [5.74, 6) is 0.474. The van der Waals surface area contributed by atoms with Crippen molar-refractivity contribution in [2.75, 3.05) is 18.4 Å².